The summed E-state index contributed by atoms with van der Waals surface area (Å²) in [5, 5.41) is 2.60. The Morgan fingerprint density at radius 3 is 2.53 bits per heavy atom. The molecule has 1 N–H and O–H groups in total. The lowest BCUT2D eigenvalue weighted by atomic mass is 10.2. The Bertz CT molecular complexity index is 339. The quantitative estimate of drug-likeness (QED) is 0.772. The summed E-state index contributed by atoms with van der Waals surface area (Å²) in [5.74, 6) is 0. The van der Waals surface area contributed by atoms with Crippen LogP contribution in [-0.2, 0) is 4.74 Å². The van der Waals surface area contributed by atoms with Crippen LogP contribution in [0, 0.1) is 6.92 Å². The van der Waals surface area contributed by atoms with E-state index in [9.17, 15) is 4.79 Å². The Labute approximate surface area is 89.7 Å². The minimum Gasteiger partial charge on any atom is -0.444 e. The molecule has 0 aliphatic rings. The molecule has 4 heteroatoms. The van der Waals surface area contributed by atoms with Crippen LogP contribution >= 0.6 is 0 Å². The van der Waals surface area contributed by atoms with Gasteiger partial charge >= 0.3 is 6.09 Å². The topological polar surface area (TPSA) is 51.2 Å². The zero-order valence-electron chi connectivity index (χ0n) is 9.50. The molecule has 0 saturated carbocycles. The average Bonchev–Trinajstić information content (AvgIpc) is 2.05. The molecule has 0 radical (unpaired) electrons. The van der Waals surface area contributed by atoms with Gasteiger partial charge in [-0.3, -0.25) is 10.3 Å². The van der Waals surface area contributed by atoms with E-state index >= 15 is 0 Å². The van der Waals surface area contributed by atoms with Crippen LogP contribution in [0.4, 0.5) is 10.5 Å². The zero-order valence-corrected chi connectivity index (χ0v) is 9.50. The fourth-order valence-corrected chi connectivity index (χ4v) is 0.963. The molecule has 0 spiro atoms. The number of hydrogen-bond acceptors (Lipinski definition) is 3. The van der Waals surface area contributed by atoms with E-state index < -0.39 is 11.7 Å². The number of amides is 1. The molecule has 0 unspecified atom stereocenters. The first-order valence-electron chi connectivity index (χ1n) is 4.79. The number of anilines is 1. The maximum Gasteiger partial charge on any atom is 0.412 e. The van der Waals surface area contributed by atoms with Crippen LogP contribution < -0.4 is 5.32 Å². The van der Waals surface area contributed by atoms with Gasteiger partial charge in [0.15, 0.2) is 0 Å². The van der Waals surface area contributed by atoms with Gasteiger partial charge in [0.05, 0.1) is 11.9 Å². The third kappa shape index (κ3) is 4.44. The number of aryl methyl sites for hydroxylation is 1. The van der Waals surface area contributed by atoms with Crippen molar-refractivity contribution in [3.63, 3.8) is 0 Å². The van der Waals surface area contributed by atoms with Gasteiger partial charge in [0.1, 0.15) is 5.60 Å². The van der Waals surface area contributed by atoms with Crippen LogP contribution in [0.25, 0.3) is 0 Å². The highest BCUT2D eigenvalue weighted by atomic mass is 16.6. The molecule has 0 aromatic carbocycles. The van der Waals surface area contributed by atoms with Gasteiger partial charge in [-0.2, -0.15) is 0 Å². The highest BCUT2D eigenvalue weighted by Gasteiger charge is 2.15. The summed E-state index contributed by atoms with van der Waals surface area (Å²) in [6.45, 7) is 7.34. The Balaban J connectivity index is 2.55. The minimum atomic E-state index is -0.484. The molecule has 1 aromatic rings. The third-order valence-corrected chi connectivity index (χ3v) is 1.56. The molecular formula is C11H16N2O2. The summed E-state index contributed by atoms with van der Waals surface area (Å²) in [6, 6.07) is 3.61. The Kier molecular flexibility index (Phi) is 3.29. The summed E-state index contributed by atoms with van der Waals surface area (Å²) in [6.07, 6.45) is 1.13. The largest absolute Gasteiger partial charge is 0.444 e. The van der Waals surface area contributed by atoms with E-state index in [0.29, 0.717) is 5.69 Å². The van der Waals surface area contributed by atoms with Gasteiger partial charge in [0.25, 0.3) is 0 Å². The van der Waals surface area contributed by atoms with E-state index in [0.717, 1.165) is 5.69 Å². The SMILES string of the molecule is Cc1ccc(NC(=O)OC(C)(C)C)cn1. The Morgan fingerprint density at radius 2 is 2.07 bits per heavy atom. The molecular weight excluding hydrogens is 192 g/mol. The Hall–Kier alpha value is -1.58. The van der Waals surface area contributed by atoms with Gasteiger partial charge in [0.2, 0.25) is 0 Å². The first kappa shape index (κ1) is 11.5. The van der Waals surface area contributed by atoms with Gasteiger partial charge in [-0.15, -0.1) is 0 Å². The summed E-state index contributed by atoms with van der Waals surface area (Å²) >= 11 is 0. The van der Waals surface area contributed by atoms with Crippen LogP contribution in [0.5, 0.6) is 0 Å². The summed E-state index contributed by atoms with van der Waals surface area (Å²) in [7, 11) is 0. The lowest BCUT2D eigenvalue weighted by Crippen LogP contribution is -2.27. The van der Waals surface area contributed by atoms with Crippen molar-refractivity contribution in [1.82, 2.24) is 4.98 Å². The number of rotatable bonds is 1. The fourth-order valence-electron chi connectivity index (χ4n) is 0.963. The van der Waals surface area contributed by atoms with Crippen molar-refractivity contribution in [3.8, 4) is 0 Å². The molecule has 82 valence electrons. The monoisotopic (exact) mass is 208 g/mol. The predicted octanol–water partition coefficient (Wildman–Crippen LogP) is 2.74. The number of nitrogens with zero attached hydrogens (tertiary/aromatic N) is 1. The minimum absolute atomic E-state index is 0.465. The van der Waals surface area contributed by atoms with Crippen LogP contribution in [0.15, 0.2) is 18.3 Å². The van der Waals surface area contributed by atoms with Crippen molar-refractivity contribution in [2.45, 2.75) is 33.3 Å². The molecule has 0 aliphatic carbocycles. The highest BCUT2D eigenvalue weighted by Crippen LogP contribution is 2.10. The van der Waals surface area contributed by atoms with Gasteiger partial charge in [0, 0.05) is 5.69 Å². The van der Waals surface area contributed by atoms with E-state index in [1.807, 2.05) is 33.8 Å². The Morgan fingerprint density at radius 1 is 1.40 bits per heavy atom. The van der Waals surface area contributed by atoms with Gasteiger partial charge in [-0.25, -0.2) is 4.79 Å². The maximum absolute atomic E-state index is 11.4. The highest BCUT2D eigenvalue weighted by molar-refractivity contribution is 5.84. The molecule has 0 fully saturated rings. The van der Waals surface area contributed by atoms with Crippen molar-refractivity contribution in [3.05, 3.63) is 24.0 Å². The van der Waals surface area contributed by atoms with Gasteiger partial charge < -0.3 is 4.74 Å². The zero-order chi connectivity index (χ0) is 11.5. The van der Waals surface area contributed by atoms with Crippen LogP contribution in [-0.4, -0.2) is 16.7 Å². The van der Waals surface area contributed by atoms with Crippen molar-refractivity contribution in [1.29, 1.82) is 0 Å². The maximum atomic E-state index is 11.4. The number of carbonyl (C=O) groups excluding carboxylic acids is 1. The van der Waals surface area contributed by atoms with Crippen LogP contribution in [0.1, 0.15) is 26.5 Å². The number of nitrogens with one attached hydrogen (secondary N) is 1. The second kappa shape index (κ2) is 4.29. The average molecular weight is 208 g/mol. The number of ether oxygens (including phenoxy) is 1. The smallest absolute Gasteiger partial charge is 0.412 e. The molecule has 4 nitrogen and oxygen atoms in total. The standard InChI is InChI=1S/C11H16N2O2/c1-8-5-6-9(7-12-8)13-10(14)15-11(2,3)4/h5-7H,1-4H3,(H,13,14). The summed E-state index contributed by atoms with van der Waals surface area (Å²) in [4.78, 5) is 15.4. The van der Waals surface area contributed by atoms with Crippen LogP contribution in [0.3, 0.4) is 0 Å². The molecule has 0 saturated heterocycles. The van der Waals surface area contributed by atoms with Crippen molar-refractivity contribution in [2.75, 3.05) is 5.32 Å². The second-order valence-electron chi connectivity index (χ2n) is 4.32. The van der Waals surface area contributed by atoms with E-state index in [1.54, 1.807) is 12.3 Å². The van der Waals surface area contributed by atoms with Gasteiger partial charge in [-0.1, -0.05) is 0 Å². The van der Waals surface area contributed by atoms with E-state index in [1.165, 1.54) is 0 Å². The molecule has 15 heavy (non-hydrogen) atoms. The lowest BCUT2D eigenvalue weighted by Gasteiger charge is -2.19. The predicted molar refractivity (Wildman–Crippen MR) is 58.8 cm³/mol. The molecule has 0 bridgehead atoms. The number of pyridine rings is 1. The third-order valence-electron chi connectivity index (χ3n) is 1.56. The lowest BCUT2D eigenvalue weighted by molar-refractivity contribution is 0.0636. The second-order valence-corrected chi connectivity index (χ2v) is 4.32. The van der Waals surface area contributed by atoms with Crippen molar-refractivity contribution >= 4 is 11.8 Å². The molecule has 0 aliphatic heterocycles. The van der Waals surface area contributed by atoms with Gasteiger partial charge in [-0.05, 0) is 39.8 Å². The first-order valence-corrected chi connectivity index (χ1v) is 4.79. The molecule has 1 aromatic heterocycles. The normalized spacial score (nSPS) is 10.9. The fraction of sp³-hybridized carbons (Fsp3) is 0.455. The van der Waals surface area contributed by atoms with Crippen molar-refractivity contribution < 1.29 is 9.53 Å². The number of hydrogen-bond donors (Lipinski definition) is 1. The summed E-state index contributed by atoms with van der Waals surface area (Å²) in [5.41, 5.74) is 1.06. The molecule has 1 heterocycles. The van der Waals surface area contributed by atoms with E-state index in [-0.39, 0.29) is 0 Å². The van der Waals surface area contributed by atoms with E-state index in [2.05, 4.69) is 10.3 Å². The first-order chi connectivity index (χ1) is 6.87. The number of aromatic nitrogens is 1. The van der Waals surface area contributed by atoms with Crippen LogP contribution in [0.2, 0.25) is 0 Å². The molecule has 1 rings (SSSR count). The molecule has 0 atom stereocenters. The summed E-state index contributed by atoms with van der Waals surface area (Å²) < 4.78 is 5.09. The van der Waals surface area contributed by atoms with E-state index in [4.69, 9.17) is 4.74 Å². The molecule has 1 amide bonds. The van der Waals surface area contributed by atoms with Crippen molar-refractivity contribution in [2.24, 2.45) is 0 Å². The number of carbonyl (C=O) groups is 1.